The summed E-state index contributed by atoms with van der Waals surface area (Å²) in [5, 5.41) is 3.94. The normalized spacial score (nSPS) is 19.2. The van der Waals surface area contributed by atoms with Crippen molar-refractivity contribution >= 4 is 22.2 Å². The van der Waals surface area contributed by atoms with Crippen LogP contribution in [0, 0.1) is 0 Å². The zero-order valence-corrected chi connectivity index (χ0v) is 10.4. The number of hydrogen-bond donors (Lipinski definition) is 2. The lowest BCUT2D eigenvalue weighted by Gasteiger charge is -2.16. The maximum atomic E-state index is 11.5. The first-order chi connectivity index (χ1) is 7.69. The van der Waals surface area contributed by atoms with Gasteiger partial charge in [-0.15, -0.1) is 11.3 Å². The molecule has 0 aliphatic heterocycles. The van der Waals surface area contributed by atoms with E-state index in [0.717, 1.165) is 30.7 Å². The first-order valence-corrected chi connectivity index (χ1v) is 6.67. The van der Waals surface area contributed by atoms with Gasteiger partial charge in [-0.3, -0.25) is 4.79 Å². The van der Waals surface area contributed by atoms with Gasteiger partial charge in [0.2, 0.25) is 5.91 Å². The Morgan fingerprint density at radius 3 is 3.25 bits per heavy atom. The Balaban J connectivity index is 2.04. The Bertz CT molecular complexity index is 386. The number of nitrogens with one attached hydrogen (secondary N) is 1. The lowest BCUT2D eigenvalue weighted by atomic mass is 9.95. The summed E-state index contributed by atoms with van der Waals surface area (Å²) >= 11 is 1.70. The van der Waals surface area contributed by atoms with Gasteiger partial charge in [-0.05, 0) is 37.3 Å². The fourth-order valence-electron chi connectivity index (χ4n) is 2.04. The average Bonchev–Trinajstić information content (AvgIpc) is 2.59. The number of anilines is 1. The van der Waals surface area contributed by atoms with Gasteiger partial charge in [0.15, 0.2) is 0 Å². The Hall–Kier alpha value is -0.870. The molecule has 1 aromatic rings. The number of rotatable bonds is 3. The third-order valence-corrected chi connectivity index (χ3v) is 4.01. The van der Waals surface area contributed by atoms with Crippen molar-refractivity contribution in [2.45, 2.75) is 45.1 Å². The molecule has 16 heavy (non-hydrogen) atoms. The second-order valence-electron chi connectivity index (χ2n) is 4.36. The highest BCUT2D eigenvalue weighted by Gasteiger charge is 2.18. The molecule has 1 atom stereocenters. The van der Waals surface area contributed by atoms with E-state index >= 15 is 0 Å². The van der Waals surface area contributed by atoms with Gasteiger partial charge < -0.3 is 11.1 Å². The van der Waals surface area contributed by atoms with E-state index in [1.165, 1.54) is 10.4 Å². The highest BCUT2D eigenvalue weighted by atomic mass is 32.1. The molecule has 0 bridgehead atoms. The summed E-state index contributed by atoms with van der Waals surface area (Å²) in [6.45, 7) is 2.01. The number of carbonyl (C=O) groups is 1. The molecule has 0 spiro atoms. The van der Waals surface area contributed by atoms with Crippen molar-refractivity contribution in [1.29, 1.82) is 0 Å². The van der Waals surface area contributed by atoms with Gasteiger partial charge in [0.25, 0.3) is 0 Å². The van der Waals surface area contributed by atoms with E-state index in [0.29, 0.717) is 12.5 Å². The smallest absolute Gasteiger partial charge is 0.224 e. The van der Waals surface area contributed by atoms with Crippen molar-refractivity contribution in [3.05, 3.63) is 16.5 Å². The molecular weight excluding hydrogens is 220 g/mol. The van der Waals surface area contributed by atoms with Crippen LogP contribution >= 0.6 is 11.3 Å². The second-order valence-corrected chi connectivity index (χ2v) is 5.50. The maximum absolute atomic E-state index is 11.5. The van der Waals surface area contributed by atoms with Crippen molar-refractivity contribution in [2.75, 3.05) is 5.32 Å². The van der Waals surface area contributed by atoms with E-state index in [1.54, 1.807) is 11.3 Å². The maximum Gasteiger partial charge on any atom is 0.224 e. The van der Waals surface area contributed by atoms with E-state index in [9.17, 15) is 4.79 Å². The molecule has 0 aromatic carbocycles. The molecule has 1 heterocycles. The summed E-state index contributed by atoms with van der Waals surface area (Å²) in [6, 6.07) is 2.38. The minimum Gasteiger partial charge on any atom is -0.327 e. The predicted octanol–water partition coefficient (Wildman–Crippen LogP) is 2.30. The molecule has 0 saturated heterocycles. The largest absolute Gasteiger partial charge is 0.327 e. The third-order valence-electron chi connectivity index (χ3n) is 2.86. The summed E-state index contributed by atoms with van der Waals surface area (Å²) in [4.78, 5) is 12.9. The summed E-state index contributed by atoms with van der Waals surface area (Å²) in [7, 11) is 0. The summed E-state index contributed by atoms with van der Waals surface area (Å²) in [6.07, 6.45) is 4.57. The molecule has 1 aliphatic rings. The molecule has 4 heteroatoms. The number of amides is 1. The Kier molecular flexibility index (Phi) is 3.61. The van der Waals surface area contributed by atoms with Crippen LogP contribution in [0.3, 0.4) is 0 Å². The van der Waals surface area contributed by atoms with Gasteiger partial charge in [0.05, 0.1) is 5.00 Å². The number of thiophene rings is 1. The number of carbonyl (C=O) groups excluding carboxylic acids is 1. The van der Waals surface area contributed by atoms with Gasteiger partial charge >= 0.3 is 0 Å². The molecule has 0 fully saturated rings. The molecule has 1 aromatic heterocycles. The fraction of sp³-hybridized carbons (Fsp3) is 0.583. The minimum absolute atomic E-state index is 0.116. The van der Waals surface area contributed by atoms with Crippen molar-refractivity contribution in [1.82, 2.24) is 0 Å². The van der Waals surface area contributed by atoms with Crippen LogP contribution in [0.2, 0.25) is 0 Å². The van der Waals surface area contributed by atoms with Crippen LogP contribution in [-0.4, -0.2) is 11.9 Å². The van der Waals surface area contributed by atoms with E-state index in [2.05, 4.69) is 11.4 Å². The highest BCUT2D eigenvalue weighted by molar-refractivity contribution is 7.16. The predicted molar refractivity (Wildman–Crippen MR) is 67.9 cm³/mol. The number of aryl methyl sites for hydroxylation is 1. The Morgan fingerprint density at radius 1 is 1.69 bits per heavy atom. The van der Waals surface area contributed by atoms with Crippen LogP contribution < -0.4 is 11.1 Å². The van der Waals surface area contributed by atoms with E-state index < -0.39 is 0 Å². The highest BCUT2D eigenvalue weighted by Crippen LogP contribution is 2.32. The lowest BCUT2D eigenvalue weighted by Crippen LogP contribution is -2.26. The van der Waals surface area contributed by atoms with Crippen LogP contribution in [0.25, 0.3) is 0 Å². The lowest BCUT2D eigenvalue weighted by molar-refractivity contribution is -0.116. The zero-order chi connectivity index (χ0) is 11.5. The van der Waals surface area contributed by atoms with Gasteiger partial charge in [-0.1, -0.05) is 6.92 Å². The molecule has 3 nitrogen and oxygen atoms in total. The van der Waals surface area contributed by atoms with Crippen LogP contribution in [-0.2, 0) is 17.6 Å². The van der Waals surface area contributed by atoms with Crippen LogP contribution in [0.4, 0.5) is 5.00 Å². The van der Waals surface area contributed by atoms with Crippen molar-refractivity contribution in [3.63, 3.8) is 0 Å². The molecule has 1 aliphatic carbocycles. The third kappa shape index (κ3) is 2.62. The topological polar surface area (TPSA) is 55.1 Å². The first-order valence-electron chi connectivity index (χ1n) is 5.86. The molecule has 0 saturated carbocycles. The molecular formula is C12H18N2OS. The van der Waals surface area contributed by atoms with Gasteiger partial charge in [0, 0.05) is 17.3 Å². The molecule has 1 unspecified atom stereocenters. The molecule has 0 radical (unpaired) electrons. The molecule has 88 valence electrons. The molecule has 3 N–H and O–H groups in total. The van der Waals surface area contributed by atoms with E-state index in [-0.39, 0.29) is 5.91 Å². The van der Waals surface area contributed by atoms with Crippen LogP contribution in [0.1, 0.15) is 36.6 Å². The zero-order valence-electron chi connectivity index (χ0n) is 9.58. The molecule has 2 rings (SSSR count). The Labute approximate surface area is 100 Å². The quantitative estimate of drug-likeness (QED) is 0.849. The van der Waals surface area contributed by atoms with Crippen LogP contribution in [0.5, 0.6) is 0 Å². The van der Waals surface area contributed by atoms with E-state index in [4.69, 9.17) is 5.73 Å². The van der Waals surface area contributed by atoms with E-state index in [1.807, 2.05) is 6.92 Å². The molecule has 1 amide bonds. The van der Waals surface area contributed by atoms with Gasteiger partial charge in [0.1, 0.15) is 0 Å². The summed E-state index contributed by atoms with van der Waals surface area (Å²) < 4.78 is 0. The number of hydrogen-bond acceptors (Lipinski definition) is 3. The van der Waals surface area contributed by atoms with Crippen molar-refractivity contribution in [3.8, 4) is 0 Å². The Morgan fingerprint density at radius 2 is 2.50 bits per heavy atom. The van der Waals surface area contributed by atoms with Gasteiger partial charge in [-0.25, -0.2) is 0 Å². The van der Waals surface area contributed by atoms with Crippen molar-refractivity contribution in [2.24, 2.45) is 5.73 Å². The SMILES string of the molecule is CCCC(=O)Nc1cc2c(s1)CCC(N)C2. The first kappa shape index (κ1) is 11.6. The monoisotopic (exact) mass is 238 g/mol. The second kappa shape index (κ2) is 4.97. The van der Waals surface area contributed by atoms with Gasteiger partial charge in [-0.2, -0.15) is 0 Å². The fourth-order valence-corrected chi connectivity index (χ4v) is 3.17. The van der Waals surface area contributed by atoms with Crippen LogP contribution in [0.15, 0.2) is 6.07 Å². The number of fused-ring (bicyclic) bond motifs is 1. The van der Waals surface area contributed by atoms with Crippen molar-refractivity contribution < 1.29 is 4.79 Å². The number of nitrogens with two attached hydrogens (primary N) is 1. The minimum atomic E-state index is 0.116. The average molecular weight is 238 g/mol. The summed E-state index contributed by atoms with van der Waals surface area (Å²) in [5.74, 6) is 0.116. The standard InChI is InChI=1S/C12H18N2OS/c1-2-3-11(15)14-12-7-8-6-9(13)4-5-10(8)16-12/h7,9H,2-6,13H2,1H3,(H,14,15). The summed E-state index contributed by atoms with van der Waals surface area (Å²) in [5.41, 5.74) is 7.25.